The fourth-order valence-corrected chi connectivity index (χ4v) is 4.27. The zero-order valence-electron chi connectivity index (χ0n) is 22.7. The highest BCUT2D eigenvalue weighted by atomic mass is 16.6. The first-order chi connectivity index (χ1) is 17.2. The Morgan fingerprint density at radius 3 is 2.43 bits per heavy atom. The number of amides is 2. The molecule has 1 aliphatic heterocycles. The zero-order chi connectivity index (χ0) is 27.8. The number of nitrogens with one attached hydrogen (secondary N) is 2. The second-order valence-corrected chi connectivity index (χ2v) is 11.4. The lowest BCUT2D eigenvalue weighted by atomic mass is 9.92. The molecule has 2 rings (SSSR count). The Morgan fingerprint density at radius 2 is 1.78 bits per heavy atom. The highest BCUT2D eigenvalue weighted by Gasteiger charge is 2.37. The first-order valence-electron chi connectivity index (χ1n) is 12.8. The van der Waals surface area contributed by atoms with Gasteiger partial charge in [-0.25, -0.2) is 9.59 Å². The van der Waals surface area contributed by atoms with Crippen molar-refractivity contribution in [1.29, 1.82) is 0 Å². The lowest BCUT2D eigenvalue weighted by Crippen LogP contribution is -2.34. The third-order valence-electron chi connectivity index (χ3n) is 5.86. The van der Waals surface area contributed by atoms with Crippen LogP contribution < -0.4 is 10.6 Å². The van der Waals surface area contributed by atoms with Crippen LogP contribution in [0.1, 0.15) is 80.1 Å². The summed E-state index contributed by atoms with van der Waals surface area (Å²) in [7, 11) is 0. The van der Waals surface area contributed by atoms with Crippen LogP contribution in [0.3, 0.4) is 0 Å². The van der Waals surface area contributed by atoms with Gasteiger partial charge < -0.3 is 25.2 Å². The van der Waals surface area contributed by atoms with E-state index in [-0.39, 0.29) is 23.2 Å². The standard InChI is InChI=1S/C28H40N2O7/c1-27(2,3)36-22(32)14-8-12-18-10-7-11-19(18)15-16-21(31)23-24(33)20(30-25(23)34)13-9-17-29-26(35)37-28(4,5)6/h15-16,18-20,31H,7,9-13,17H2,1-6H3,(H,29,35)(H,30,34)/b16-15?,23-21-/t18-,19?,20?/m1/s1. The van der Waals surface area contributed by atoms with E-state index < -0.39 is 41.0 Å². The number of carbonyl (C=O) groups is 4. The Balaban J connectivity index is 1.90. The molecule has 1 saturated heterocycles. The van der Waals surface area contributed by atoms with Crippen molar-refractivity contribution in [3.05, 3.63) is 23.5 Å². The van der Waals surface area contributed by atoms with Crippen molar-refractivity contribution in [1.82, 2.24) is 10.6 Å². The molecule has 0 spiro atoms. The van der Waals surface area contributed by atoms with E-state index in [2.05, 4.69) is 22.5 Å². The number of alkyl carbamates (subject to hydrolysis) is 1. The number of ketones is 1. The molecule has 3 N–H and O–H groups in total. The second-order valence-electron chi connectivity index (χ2n) is 11.4. The van der Waals surface area contributed by atoms with E-state index in [1.54, 1.807) is 41.5 Å². The van der Waals surface area contributed by atoms with Gasteiger partial charge in [0.05, 0.1) is 6.04 Å². The van der Waals surface area contributed by atoms with Crippen LogP contribution in [-0.4, -0.2) is 52.6 Å². The predicted octanol–water partition coefficient (Wildman–Crippen LogP) is 3.88. The van der Waals surface area contributed by atoms with Gasteiger partial charge in [-0.15, -0.1) is 0 Å². The minimum absolute atomic E-state index is 0.116. The molecule has 2 amide bonds. The summed E-state index contributed by atoms with van der Waals surface area (Å²) in [6.45, 7) is 10.9. The van der Waals surface area contributed by atoms with Crippen molar-refractivity contribution >= 4 is 23.8 Å². The number of Topliss-reactive ketones (excluding diaryl/α,β-unsaturated/α-hetero) is 1. The fourth-order valence-electron chi connectivity index (χ4n) is 4.27. The molecule has 1 saturated carbocycles. The van der Waals surface area contributed by atoms with Gasteiger partial charge in [0.1, 0.15) is 22.5 Å². The minimum Gasteiger partial charge on any atom is -0.507 e. The number of hydrogen-bond donors (Lipinski definition) is 3. The van der Waals surface area contributed by atoms with Gasteiger partial charge in [-0.3, -0.25) is 9.59 Å². The van der Waals surface area contributed by atoms with E-state index in [1.807, 2.05) is 6.08 Å². The molecule has 0 aromatic heterocycles. The lowest BCUT2D eigenvalue weighted by molar-refractivity contribution is -0.147. The van der Waals surface area contributed by atoms with Gasteiger partial charge >= 0.3 is 12.1 Å². The summed E-state index contributed by atoms with van der Waals surface area (Å²) in [5, 5.41) is 15.7. The summed E-state index contributed by atoms with van der Waals surface area (Å²) in [6, 6.07) is -0.749. The number of carbonyl (C=O) groups excluding carboxylic acids is 4. The molecule has 3 atom stereocenters. The van der Waals surface area contributed by atoms with Crippen LogP contribution in [-0.2, 0) is 23.9 Å². The maximum absolute atomic E-state index is 12.7. The van der Waals surface area contributed by atoms with Gasteiger partial charge in [0.2, 0.25) is 0 Å². The Kier molecular flexibility index (Phi) is 10.4. The van der Waals surface area contributed by atoms with Crippen molar-refractivity contribution in [2.45, 2.75) is 97.3 Å². The lowest BCUT2D eigenvalue weighted by Gasteiger charge is -2.19. The molecule has 1 aliphatic carbocycles. The van der Waals surface area contributed by atoms with Crippen molar-refractivity contribution < 1.29 is 33.8 Å². The number of aliphatic hydroxyl groups is 1. The van der Waals surface area contributed by atoms with Crippen molar-refractivity contribution in [3.8, 4) is 11.8 Å². The van der Waals surface area contributed by atoms with Crippen LogP contribution in [0, 0.1) is 23.7 Å². The van der Waals surface area contributed by atoms with E-state index in [4.69, 9.17) is 9.47 Å². The molecule has 2 aliphatic rings. The maximum atomic E-state index is 12.7. The fraction of sp³-hybridized carbons (Fsp3) is 0.643. The van der Waals surface area contributed by atoms with Gasteiger partial charge in [0.15, 0.2) is 5.78 Å². The molecule has 2 fully saturated rings. The topological polar surface area (TPSA) is 131 Å². The first kappa shape index (κ1) is 29.9. The van der Waals surface area contributed by atoms with Crippen molar-refractivity contribution in [3.63, 3.8) is 0 Å². The number of ether oxygens (including phenoxy) is 2. The van der Waals surface area contributed by atoms with E-state index in [0.29, 0.717) is 25.8 Å². The van der Waals surface area contributed by atoms with E-state index in [1.165, 1.54) is 6.08 Å². The molecule has 204 valence electrons. The van der Waals surface area contributed by atoms with Crippen molar-refractivity contribution in [2.24, 2.45) is 11.8 Å². The number of hydrogen-bond acceptors (Lipinski definition) is 7. The largest absolute Gasteiger partial charge is 0.507 e. The van der Waals surface area contributed by atoms with E-state index in [9.17, 15) is 24.3 Å². The summed E-state index contributed by atoms with van der Waals surface area (Å²) in [6.07, 6.45) is 6.81. The second kappa shape index (κ2) is 12.8. The quantitative estimate of drug-likeness (QED) is 0.0890. The Labute approximate surface area is 219 Å². The molecule has 37 heavy (non-hydrogen) atoms. The van der Waals surface area contributed by atoms with Gasteiger partial charge in [0.25, 0.3) is 5.91 Å². The van der Waals surface area contributed by atoms with Crippen LogP contribution in [0.2, 0.25) is 0 Å². The molecule has 2 unspecified atom stereocenters. The van der Waals surface area contributed by atoms with Gasteiger partial charge in [-0.05, 0) is 85.1 Å². The third-order valence-corrected chi connectivity index (χ3v) is 5.86. The van der Waals surface area contributed by atoms with Crippen LogP contribution in [0.5, 0.6) is 0 Å². The SMILES string of the molecule is CC(C)(C)OC(=O)C#CC[C@H]1CCCC1C=C/C(O)=C1/C(=O)NC(CCCNC(=O)OC(C)(C)C)C1=O. The summed E-state index contributed by atoms with van der Waals surface area (Å²) in [5.41, 5.74) is -1.44. The van der Waals surface area contributed by atoms with Crippen LogP contribution in [0.25, 0.3) is 0 Å². The average molecular weight is 517 g/mol. The highest BCUT2D eigenvalue weighted by molar-refractivity contribution is 6.27. The Bertz CT molecular complexity index is 1000. The Hall–Kier alpha value is -3.28. The van der Waals surface area contributed by atoms with Crippen LogP contribution in [0.4, 0.5) is 4.79 Å². The summed E-state index contributed by atoms with van der Waals surface area (Å²) < 4.78 is 10.4. The van der Waals surface area contributed by atoms with Crippen LogP contribution >= 0.6 is 0 Å². The highest BCUT2D eigenvalue weighted by Crippen LogP contribution is 2.35. The zero-order valence-corrected chi connectivity index (χ0v) is 22.7. The molecule has 0 aromatic carbocycles. The molecule has 0 aromatic rings. The van der Waals surface area contributed by atoms with Gasteiger partial charge in [-0.1, -0.05) is 18.4 Å². The normalized spacial score (nSPS) is 23.4. The average Bonchev–Trinajstić information content (AvgIpc) is 3.30. The van der Waals surface area contributed by atoms with Crippen LogP contribution in [0.15, 0.2) is 23.5 Å². The predicted molar refractivity (Wildman–Crippen MR) is 138 cm³/mol. The summed E-state index contributed by atoms with van der Waals surface area (Å²) in [5.74, 6) is 3.77. The molecule has 0 radical (unpaired) electrons. The van der Waals surface area contributed by atoms with Gasteiger partial charge in [-0.2, -0.15) is 0 Å². The first-order valence-corrected chi connectivity index (χ1v) is 12.8. The number of rotatable bonds is 7. The molecule has 9 heteroatoms. The molecule has 9 nitrogen and oxygen atoms in total. The summed E-state index contributed by atoms with van der Waals surface area (Å²) in [4.78, 5) is 48.6. The minimum atomic E-state index is -0.749. The van der Waals surface area contributed by atoms with E-state index >= 15 is 0 Å². The van der Waals surface area contributed by atoms with E-state index in [0.717, 1.165) is 19.3 Å². The number of allylic oxidation sites excluding steroid dienone is 2. The number of esters is 1. The monoisotopic (exact) mass is 516 g/mol. The molecular weight excluding hydrogens is 476 g/mol. The molecule has 0 bridgehead atoms. The third kappa shape index (κ3) is 10.3. The maximum Gasteiger partial charge on any atom is 0.407 e. The van der Waals surface area contributed by atoms with Crippen molar-refractivity contribution in [2.75, 3.05) is 6.54 Å². The smallest absolute Gasteiger partial charge is 0.407 e. The molecular formula is C28H40N2O7. The Morgan fingerprint density at radius 1 is 1.11 bits per heavy atom. The number of aliphatic hydroxyl groups excluding tert-OH is 1. The van der Waals surface area contributed by atoms with Gasteiger partial charge in [0, 0.05) is 18.9 Å². The summed E-state index contributed by atoms with van der Waals surface area (Å²) >= 11 is 0. The molecule has 1 heterocycles.